The molecule has 4 heteroatoms. The molecular formula is C12H22N4. The summed E-state index contributed by atoms with van der Waals surface area (Å²) in [5, 5.41) is 8.57. The normalized spacial score (nSPS) is 30.6. The number of hydrogen-bond donors (Lipinski definition) is 1. The third-order valence-electron chi connectivity index (χ3n) is 4.04. The molecule has 1 aromatic heterocycles. The first-order valence-corrected chi connectivity index (χ1v) is 6.25. The zero-order valence-electron chi connectivity index (χ0n) is 10.5. The second-order valence-corrected chi connectivity index (χ2v) is 5.08. The molecule has 16 heavy (non-hydrogen) atoms. The molecule has 1 fully saturated rings. The molecule has 0 amide bonds. The van der Waals surface area contributed by atoms with Gasteiger partial charge in [-0.15, -0.1) is 10.2 Å². The standard InChI is InChI=1S/C12H22N4/c1-4-16-9(2)14-15-11(16)12(3)8-6-5-7-10(12)13/h10H,4-8,13H2,1-3H3. The molecule has 1 aliphatic rings. The predicted molar refractivity (Wildman–Crippen MR) is 64.2 cm³/mol. The summed E-state index contributed by atoms with van der Waals surface area (Å²) in [6, 6.07) is 0.218. The molecular weight excluding hydrogens is 200 g/mol. The minimum absolute atomic E-state index is 0.00944. The fourth-order valence-electron chi connectivity index (χ4n) is 2.82. The summed E-state index contributed by atoms with van der Waals surface area (Å²) in [7, 11) is 0. The molecule has 1 saturated carbocycles. The zero-order chi connectivity index (χ0) is 11.8. The molecule has 1 aliphatic carbocycles. The fraction of sp³-hybridized carbons (Fsp3) is 0.833. The summed E-state index contributed by atoms with van der Waals surface area (Å²) in [5.41, 5.74) is 6.31. The summed E-state index contributed by atoms with van der Waals surface area (Å²) in [5.74, 6) is 2.08. The van der Waals surface area contributed by atoms with Gasteiger partial charge in [0.05, 0.1) is 0 Å². The van der Waals surface area contributed by atoms with Crippen LogP contribution in [-0.2, 0) is 12.0 Å². The Labute approximate surface area is 97.2 Å². The summed E-state index contributed by atoms with van der Waals surface area (Å²) in [4.78, 5) is 0. The van der Waals surface area contributed by atoms with Crippen molar-refractivity contribution in [3.05, 3.63) is 11.6 Å². The quantitative estimate of drug-likeness (QED) is 0.829. The van der Waals surface area contributed by atoms with Gasteiger partial charge in [-0.25, -0.2) is 0 Å². The summed E-state index contributed by atoms with van der Waals surface area (Å²) >= 11 is 0. The highest BCUT2D eigenvalue weighted by Gasteiger charge is 2.39. The van der Waals surface area contributed by atoms with Gasteiger partial charge in [0.25, 0.3) is 0 Å². The maximum atomic E-state index is 6.30. The molecule has 0 bridgehead atoms. The first-order chi connectivity index (χ1) is 7.59. The first-order valence-electron chi connectivity index (χ1n) is 6.25. The third-order valence-corrected chi connectivity index (χ3v) is 4.04. The Hall–Kier alpha value is -0.900. The number of aromatic nitrogens is 3. The van der Waals surface area contributed by atoms with Gasteiger partial charge in [0.15, 0.2) is 0 Å². The molecule has 0 radical (unpaired) electrons. The molecule has 2 atom stereocenters. The van der Waals surface area contributed by atoms with Gasteiger partial charge in [-0.05, 0) is 26.7 Å². The van der Waals surface area contributed by atoms with Crippen molar-refractivity contribution in [1.82, 2.24) is 14.8 Å². The van der Waals surface area contributed by atoms with E-state index in [1.54, 1.807) is 0 Å². The Morgan fingerprint density at radius 2 is 2.19 bits per heavy atom. The average Bonchev–Trinajstić information content (AvgIpc) is 2.64. The molecule has 1 heterocycles. The number of nitrogens with two attached hydrogens (primary N) is 1. The Kier molecular flexibility index (Phi) is 3.02. The molecule has 90 valence electrons. The lowest BCUT2D eigenvalue weighted by Gasteiger charge is -2.38. The SMILES string of the molecule is CCn1c(C)nnc1C1(C)CCCCC1N. The summed E-state index contributed by atoms with van der Waals surface area (Å²) in [6.45, 7) is 7.32. The minimum Gasteiger partial charge on any atom is -0.327 e. The summed E-state index contributed by atoms with van der Waals surface area (Å²) < 4.78 is 2.20. The molecule has 0 saturated heterocycles. The highest BCUT2D eigenvalue weighted by molar-refractivity contribution is 5.14. The van der Waals surface area contributed by atoms with E-state index in [2.05, 4.69) is 28.6 Å². The first kappa shape index (κ1) is 11.6. The second kappa shape index (κ2) is 4.17. The van der Waals surface area contributed by atoms with Crippen molar-refractivity contribution in [2.24, 2.45) is 5.73 Å². The van der Waals surface area contributed by atoms with Gasteiger partial charge in [-0.3, -0.25) is 0 Å². The maximum absolute atomic E-state index is 6.30. The van der Waals surface area contributed by atoms with Gasteiger partial charge >= 0.3 is 0 Å². The van der Waals surface area contributed by atoms with Crippen molar-refractivity contribution >= 4 is 0 Å². The molecule has 0 aromatic carbocycles. The molecule has 2 N–H and O–H groups in total. The fourth-order valence-corrected chi connectivity index (χ4v) is 2.82. The Balaban J connectivity index is 2.41. The Bertz CT molecular complexity index is 371. The lowest BCUT2D eigenvalue weighted by atomic mass is 9.71. The number of aryl methyl sites for hydroxylation is 1. The van der Waals surface area contributed by atoms with Crippen molar-refractivity contribution < 1.29 is 0 Å². The van der Waals surface area contributed by atoms with E-state index in [1.807, 2.05) is 6.92 Å². The van der Waals surface area contributed by atoms with Crippen molar-refractivity contribution in [3.8, 4) is 0 Å². The molecule has 4 nitrogen and oxygen atoms in total. The molecule has 2 rings (SSSR count). The number of rotatable bonds is 2. The lowest BCUT2D eigenvalue weighted by molar-refractivity contribution is 0.250. The van der Waals surface area contributed by atoms with E-state index in [4.69, 9.17) is 5.73 Å². The van der Waals surface area contributed by atoms with Crippen LogP contribution in [0.4, 0.5) is 0 Å². The van der Waals surface area contributed by atoms with Crippen LogP contribution in [-0.4, -0.2) is 20.8 Å². The molecule has 0 aliphatic heterocycles. The van der Waals surface area contributed by atoms with Crippen LogP contribution < -0.4 is 5.73 Å². The van der Waals surface area contributed by atoms with Gasteiger partial charge in [0.2, 0.25) is 0 Å². The molecule has 1 aromatic rings. The van der Waals surface area contributed by atoms with E-state index in [1.165, 1.54) is 12.8 Å². The number of hydrogen-bond acceptors (Lipinski definition) is 3. The lowest BCUT2D eigenvalue weighted by Crippen LogP contribution is -2.47. The van der Waals surface area contributed by atoms with E-state index in [-0.39, 0.29) is 11.5 Å². The third kappa shape index (κ3) is 1.65. The van der Waals surface area contributed by atoms with Gasteiger partial charge in [0.1, 0.15) is 11.6 Å². The van der Waals surface area contributed by atoms with Crippen LogP contribution in [0.5, 0.6) is 0 Å². The highest BCUT2D eigenvalue weighted by atomic mass is 15.3. The van der Waals surface area contributed by atoms with E-state index in [9.17, 15) is 0 Å². The van der Waals surface area contributed by atoms with Crippen molar-refractivity contribution in [1.29, 1.82) is 0 Å². The van der Waals surface area contributed by atoms with Crippen LogP contribution in [0.1, 0.15) is 51.2 Å². The van der Waals surface area contributed by atoms with Crippen LogP contribution in [0.3, 0.4) is 0 Å². The van der Waals surface area contributed by atoms with E-state index in [0.717, 1.165) is 31.0 Å². The van der Waals surface area contributed by atoms with E-state index >= 15 is 0 Å². The number of nitrogens with zero attached hydrogens (tertiary/aromatic N) is 3. The van der Waals surface area contributed by atoms with Crippen molar-refractivity contribution in [2.45, 2.75) is 64.5 Å². The van der Waals surface area contributed by atoms with Crippen LogP contribution in [0.25, 0.3) is 0 Å². The van der Waals surface area contributed by atoms with Crippen molar-refractivity contribution in [3.63, 3.8) is 0 Å². The molecule has 0 spiro atoms. The minimum atomic E-state index is 0.00944. The van der Waals surface area contributed by atoms with Crippen molar-refractivity contribution in [2.75, 3.05) is 0 Å². The van der Waals surface area contributed by atoms with Gasteiger partial charge < -0.3 is 10.3 Å². The zero-order valence-corrected chi connectivity index (χ0v) is 10.5. The van der Waals surface area contributed by atoms with E-state index < -0.39 is 0 Å². The Morgan fingerprint density at radius 1 is 1.44 bits per heavy atom. The Morgan fingerprint density at radius 3 is 2.81 bits per heavy atom. The monoisotopic (exact) mass is 222 g/mol. The van der Waals surface area contributed by atoms with E-state index in [0.29, 0.717) is 0 Å². The molecule has 2 unspecified atom stereocenters. The van der Waals surface area contributed by atoms with Gasteiger partial charge in [0, 0.05) is 18.0 Å². The maximum Gasteiger partial charge on any atom is 0.140 e. The highest BCUT2D eigenvalue weighted by Crippen LogP contribution is 2.37. The smallest absolute Gasteiger partial charge is 0.140 e. The van der Waals surface area contributed by atoms with Crippen LogP contribution >= 0.6 is 0 Å². The predicted octanol–water partition coefficient (Wildman–Crippen LogP) is 1.77. The van der Waals surface area contributed by atoms with Gasteiger partial charge in [-0.2, -0.15) is 0 Å². The second-order valence-electron chi connectivity index (χ2n) is 5.08. The van der Waals surface area contributed by atoms with Crippen LogP contribution in [0, 0.1) is 6.92 Å². The topological polar surface area (TPSA) is 56.7 Å². The summed E-state index contributed by atoms with van der Waals surface area (Å²) in [6.07, 6.45) is 4.73. The van der Waals surface area contributed by atoms with Crippen LogP contribution in [0.15, 0.2) is 0 Å². The van der Waals surface area contributed by atoms with Gasteiger partial charge in [-0.1, -0.05) is 19.8 Å². The van der Waals surface area contributed by atoms with Crippen LogP contribution in [0.2, 0.25) is 0 Å². The average molecular weight is 222 g/mol. The largest absolute Gasteiger partial charge is 0.327 e.